The molecule has 0 aromatic heterocycles. The van der Waals surface area contributed by atoms with E-state index in [0.29, 0.717) is 25.9 Å². The fourth-order valence-electron chi connectivity index (χ4n) is 5.24. The topological polar surface area (TPSA) is 113 Å². The molecule has 4 amide bonds. The number of halogens is 2. The van der Waals surface area contributed by atoms with Gasteiger partial charge >= 0.3 is 18.0 Å². The van der Waals surface area contributed by atoms with Crippen molar-refractivity contribution < 1.29 is 37.4 Å². The molecule has 1 saturated heterocycles. The van der Waals surface area contributed by atoms with E-state index in [-0.39, 0.29) is 36.0 Å². The minimum absolute atomic E-state index is 0.00673. The van der Waals surface area contributed by atoms with Crippen LogP contribution in [0, 0.1) is 11.6 Å². The summed E-state index contributed by atoms with van der Waals surface area (Å²) >= 11 is 0. The van der Waals surface area contributed by atoms with Gasteiger partial charge in [-0.15, -0.1) is 0 Å². The molecule has 0 bridgehead atoms. The minimum atomic E-state index is -1.41. The molecular formula is C29H35F2N5O6. The molecule has 13 heteroatoms. The molecule has 226 valence electrons. The number of ether oxygens (including phenoxy) is 3. The third kappa shape index (κ3) is 6.31. The van der Waals surface area contributed by atoms with Crippen molar-refractivity contribution in [2.75, 3.05) is 52.5 Å². The van der Waals surface area contributed by atoms with Crippen LogP contribution >= 0.6 is 0 Å². The molecular weight excluding hydrogens is 552 g/mol. The number of para-hydroxylation sites is 2. The number of carbonyl (C=O) groups is 3. The van der Waals surface area contributed by atoms with E-state index in [1.807, 2.05) is 24.3 Å². The fourth-order valence-corrected chi connectivity index (χ4v) is 5.24. The van der Waals surface area contributed by atoms with E-state index < -0.39 is 35.7 Å². The molecule has 1 unspecified atom stereocenters. The van der Waals surface area contributed by atoms with Gasteiger partial charge < -0.3 is 24.4 Å². The lowest BCUT2D eigenvalue weighted by Crippen LogP contribution is -2.60. The number of carbonyl (C=O) groups excluding carboxylic acids is 3. The monoisotopic (exact) mass is 587 g/mol. The van der Waals surface area contributed by atoms with E-state index in [1.165, 1.54) is 18.2 Å². The highest BCUT2D eigenvalue weighted by Crippen LogP contribution is 2.36. The zero-order valence-corrected chi connectivity index (χ0v) is 24.0. The highest BCUT2D eigenvalue weighted by atomic mass is 19.2. The van der Waals surface area contributed by atoms with E-state index in [0.717, 1.165) is 35.6 Å². The summed E-state index contributed by atoms with van der Waals surface area (Å²) in [7, 11) is 4.13. The highest BCUT2D eigenvalue weighted by Gasteiger charge is 2.44. The first-order chi connectivity index (χ1) is 20.2. The number of urea groups is 2. The Morgan fingerprint density at radius 3 is 2.40 bits per heavy atom. The van der Waals surface area contributed by atoms with Crippen molar-refractivity contribution >= 4 is 23.7 Å². The number of hydrazine groups is 1. The molecule has 0 spiro atoms. The fraction of sp³-hybridized carbons (Fsp3) is 0.414. The number of esters is 1. The predicted octanol–water partition coefficient (Wildman–Crippen LogP) is 3.73. The molecule has 4 rings (SSSR count). The second-order valence-electron chi connectivity index (χ2n) is 9.78. The van der Waals surface area contributed by atoms with Gasteiger partial charge in [-0.25, -0.2) is 33.5 Å². The first kappa shape index (κ1) is 30.7. The van der Waals surface area contributed by atoms with Gasteiger partial charge in [0.25, 0.3) is 0 Å². The van der Waals surface area contributed by atoms with Gasteiger partial charge in [0.2, 0.25) is 0 Å². The number of nitrogens with one attached hydrogen (secondary N) is 2. The average Bonchev–Trinajstić information content (AvgIpc) is 3.00. The van der Waals surface area contributed by atoms with Crippen LogP contribution in [0.5, 0.6) is 5.75 Å². The number of hydrogen-bond donors (Lipinski definition) is 2. The van der Waals surface area contributed by atoms with E-state index in [2.05, 4.69) is 15.6 Å². The average molecular weight is 588 g/mol. The third-order valence-corrected chi connectivity index (χ3v) is 7.30. The van der Waals surface area contributed by atoms with Crippen LogP contribution in [-0.2, 0) is 14.3 Å². The van der Waals surface area contributed by atoms with Crippen molar-refractivity contribution in [2.24, 2.45) is 0 Å². The Labute approximate surface area is 242 Å². The van der Waals surface area contributed by atoms with Gasteiger partial charge in [0.1, 0.15) is 11.8 Å². The molecule has 42 heavy (non-hydrogen) atoms. The summed E-state index contributed by atoms with van der Waals surface area (Å²) in [5.74, 6) is -2.41. The van der Waals surface area contributed by atoms with E-state index in [1.54, 1.807) is 14.0 Å². The molecule has 2 N–H and O–H groups in total. The van der Waals surface area contributed by atoms with Gasteiger partial charge in [-0.1, -0.05) is 18.2 Å². The third-order valence-electron chi connectivity index (χ3n) is 7.30. The number of hydrogen-bond acceptors (Lipinski definition) is 8. The van der Waals surface area contributed by atoms with Crippen molar-refractivity contribution in [3.63, 3.8) is 0 Å². The first-order valence-corrected chi connectivity index (χ1v) is 13.5. The molecule has 2 aromatic rings. The normalized spacial score (nSPS) is 17.7. The van der Waals surface area contributed by atoms with Crippen LogP contribution in [0.2, 0.25) is 0 Å². The Bertz CT molecular complexity index is 1350. The molecule has 2 aliphatic heterocycles. The molecule has 1 atom stereocenters. The molecule has 2 heterocycles. The SMILES string of the molecule is CCN(NC1CCN(c2ccccc2OC)CC1)C(=O)N1C(=O)NC(COC)=C(C(=O)OC)C1c1ccc(F)c(F)c1. The van der Waals surface area contributed by atoms with Crippen LogP contribution in [0.25, 0.3) is 0 Å². The van der Waals surface area contributed by atoms with Crippen LogP contribution in [0.1, 0.15) is 31.4 Å². The molecule has 1 fully saturated rings. The van der Waals surface area contributed by atoms with Crippen LogP contribution in [0.15, 0.2) is 53.7 Å². The molecule has 0 aliphatic carbocycles. The standard InChI is InChI=1S/C29H35F2N5O6/c1-5-35(33-19-12-14-34(15-13-19)23-8-6-7-9-24(23)41-3)29(39)36-26(18-10-11-20(30)21(31)16-18)25(27(37)42-4)22(17-40-2)32-28(36)38/h6-11,16,19,26,33H,5,12-15,17H2,1-4H3,(H,32,38). The lowest BCUT2D eigenvalue weighted by atomic mass is 9.93. The Kier molecular flexibility index (Phi) is 9.96. The maximum absolute atomic E-state index is 14.4. The summed E-state index contributed by atoms with van der Waals surface area (Å²) in [5, 5.41) is 3.82. The Hall–Kier alpha value is -4.23. The quantitative estimate of drug-likeness (QED) is 0.337. The van der Waals surface area contributed by atoms with Crippen LogP contribution in [0.4, 0.5) is 24.1 Å². The maximum Gasteiger partial charge on any atom is 0.343 e. The van der Waals surface area contributed by atoms with Gasteiger partial charge in [0, 0.05) is 32.8 Å². The summed E-state index contributed by atoms with van der Waals surface area (Å²) in [6.07, 6.45) is 1.37. The smallest absolute Gasteiger partial charge is 0.343 e. The zero-order chi connectivity index (χ0) is 30.4. The molecule has 2 aliphatic rings. The molecule has 11 nitrogen and oxygen atoms in total. The van der Waals surface area contributed by atoms with Crippen molar-refractivity contribution in [3.05, 3.63) is 70.9 Å². The number of rotatable bonds is 9. The summed E-state index contributed by atoms with van der Waals surface area (Å²) in [4.78, 5) is 43.4. The van der Waals surface area contributed by atoms with E-state index in [9.17, 15) is 23.2 Å². The maximum atomic E-state index is 14.4. The van der Waals surface area contributed by atoms with Crippen LogP contribution in [0.3, 0.4) is 0 Å². The van der Waals surface area contributed by atoms with Crippen molar-refractivity contribution in [1.82, 2.24) is 20.7 Å². The number of amides is 4. The van der Waals surface area contributed by atoms with E-state index in [4.69, 9.17) is 14.2 Å². The highest BCUT2D eigenvalue weighted by molar-refractivity contribution is 6.01. The zero-order valence-electron chi connectivity index (χ0n) is 24.0. The molecule has 0 saturated carbocycles. The number of piperidine rings is 1. The number of imide groups is 1. The lowest BCUT2D eigenvalue weighted by molar-refractivity contribution is -0.137. The van der Waals surface area contributed by atoms with Gasteiger partial charge in [-0.05, 0) is 49.6 Å². The molecule has 0 radical (unpaired) electrons. The lowest BCUT2D eigenvalue weighted by Gasteiger charge is -2.41. The Balaban J connectivity index is 1.61. The van der Waals surface area contributed by atoms with Gasteiger partial charge in [-0.3, -0.25) is 5.01 Å². The van der Waals surface area contributed by atoms with Crippen molar-refractivity contribution in [3.8, 4) is 5.75 Å². The Morgan fingerprint density at radius 1 is 1.07 bits per heavy atom. The van der Waals surface area contributed by atoms with Crippen LogP contribution < -0.4 is 20.4 Å². The van der Waals surface area contributed by atoms with Crippen molar-refractivity contribution in [1.29, 1.82) is 0 Å². The second-order valence-corrected chi connectivity index (χ2v) is 9.78. The summed E-state index contributed by atoms with van der Waals surface area (Å²) in [5.41, 5.74) is 4.12. The first-order valence-electron chi connectivity index (χ1n) is 13.5. The van der Waals surface area contributed by atoms with Gasteiger partial charge in [0.15, 0.2) is 11.6 Å². The Morgan fingerprint density at radius 2 is 1.79 bits per heavy atom. The summed E-state index contributed by atoms with van der Waals surface area (Å²) in [6.45, 7) is 3.10. The van der Waals surface area contributed by atoms with Gasteiger partial charge in [0.05, 0.1) is 37.8 Å². The number of nitrogens with zero attached hydrogens (tertiary/aromatic N) is 3. The molecule has 2 aromatic carbocycles. The van der Waals surface area contributed by atoms with E-state index >= 15 is 0 Å². The van der Waals surface area contributed by atoms with Crippen molar-refractivity contribution in [2.45, 2.75) is 31.8 Å². The van der Waals surface area contributed by atoms with Gasteiger partial charge in [-0.2, -0.15) is 0 Å². The number of benzene rings is 2. The largest absolute Gasteiger partial charge is 0.495 e. The number of anilines is 1. The minimum Gasteiger partial charge on any atom is -0.495 e. The summed E-state index contributed by atoms with van der Waals surface area (Å²) in [6, 6.07) is 7.52. The van der Waals surface area contributed by atoms with Crippen LogP contribution in [-0.4, -0.2) is 81.6 Å². The second kappa shape index (κ2) is 13.6. The predicted molar refractivity (Wildman–Crippen MR) is 150 cm³/mol. The summed E-state index contributed by atoms with van der Waals surface area (Å²) < 4.78 is 43.8. The number of methoxy groups -OCH3 is 3.